The van der Waals surface area contributed by atoms with Crippen LogP contribution in [0.5, 0.6) is 0 Å². The van der Waals surface area contributed by atoms with Crippen LogP contribution in [-0.4, -0.2) is 23.9 Å². The second-order valence-corrected chi connectivity index (χ2v) is 2.73. The van der Waals surface area contributed by atoms with Crippen LogP contribution in [0.2, 0.25) is 0 Å². The van der Waals surface area contributed by atoms with Crippen LogP contribution in [0.1, 0.15) is 26.2 Å². The van der Waals surface area contributed by atoms with E-state index < -0.39 is 0 Å². The van der Waals surface area contributed by atoms with Gasteiger partial charge in [0, 0.05) is 0 Å². The normalized spacial score (nSPS) is 32.7. The molecule has 9 heavy (non-hydrogen) atoms. The van der Waals surface area contributed by atoms with E-state index >= 15 is 0 Å². The Morgan fingerprint density at radius 2 is 2.33 bits per heavy atom. The lowest BCUT2D eigenvalue weighted by atomic mass is 10.1. The molecule has 54 valence electrons. The van der Waals surface area contributed by atoms with E-state index in [2.05, 4.69) is 6.92 Å². The molecule has 0 aliphatic carbocycles. The van der Waals surface area contributed by atoms with Gasteiger partial charge < -0.3 is 9.84 Å². The summed E-state index contributed by atoms with van der Waals surface area (Å²) in [5.41, 5.74) is -0.101. The highest BCUT2D eigenvalue weighted by Crippen LogP contribution is 2.31. The molecule has 1 fully saturated rings. The summed E-state index contributed by atoms with van der Waals surface area (Å²) in [6, 6.07) is 0. The molecule has 1 aliphatic heterocycles. The van der Waals surface area contributed by atoms with E-state index in [9.17, 15) is 0 Å². The number of ether oxygens (including phenoxy) is 1. The molecular weight excluding hydrogens is 116 g/mol. The van der Waals surface area contributed by atoms with Crippen molar-refractivity contribution in [2.75, 3.05) is 13.2 Å². The summed E-state index contributed by atoms with van der Waals surface area (Å²) in [7, 11) is 0. The van der Waals surface area contributed by atoms with Gasteiger partial charge in [0.15, 0.2) is 0 Å². The number of hydrogen-bond donors (Lipinski definition) is 1. The van der Waals surface area contributed by atoms with Crippen molar-refractivity contribution in [3.8, 4) is 0 Å². The second kappa shape index (κ2) is 2.67. The highest BCUT2D eigenvalue weighted by Gasteiger charge is 2.42. The Bertz CT molecular complexity index is 86.9. The Hall–Kier alpha value is -0.0800. The Balaban J connectivity index is 2.10. The summed E-state index contributed by atoms with van der Waals surface area (Å²) in [5, 5.41) is 8.76. The zero-order valence-electron chi connectivity index (χ0n) is 5.89. The van der Waals surface area contributed by atoms with E-state index in [1.807, 2.05) is 0 Å². The number of hydrogen-bond acceptors (Lipinski definition) is 2. The van der Waals surface area contributed by atoms with E-state index in [-0.39, 0.29) is 12.2 Å². The van der Waals surface area contributed by atoms with Crippen molar-refractivity contribution in [1.82, 2.24) is 0 Å². The Labute approximate surface area is 55.8 Å². The minimum Gasteiger partial charge on any atom is -0.393 e. The third-order valence-corrected chi connectivity index (χ3v) is 1.83. The largest absolute Gasteiger partial charge is 0.393 e. The monoisotopic (exact) mass is 130 g/mol. The van der Waals surface area contributed by atoms with Crippen LogP contribution in [0, 0.1) is 0 Å². The smallest absolute Gasteiger partial charge is 0.115 e. The number of epoxide rings is 1. The Kier molecular flexibility index (Phi) is 2.09. The molecule has 1 saturated heterocycles. The first-order chi connectivity index (χ1) is 4.33. The summed E-state index contributed by atoms with van der Waals surface area (Å²) in [6.07, 6.45) is 3.38. The molecule has 0 spiro atoms. The molecule has 0 radical (unpaired) electrons. The molecule has 0 bridgehead atoms. The molecule has 1 atom stereocenters. The van der Waals surface area contributed by atoms with Crippen LogP contribution < -0.4 is 0 Å². The lowest BCUT2D eigenvalue weighted by molar-refractivity contribution is 0.162. The maximum Gasteiger partial charge on any atom is 0.115 e. The first-order valence-corrected chi connectivity index (χ1v) is 3.58. The molecule has 2 heteroatoms. The van der Waals surface area contributed by atoms with E-state index in [0.717, 1.165) is 13.0 Å². The number of unbranched alkanes of at least 4 members (excludes halogenated alkanes) is 1. The number of aliphatic hydroxyl groups is 1. The fraction of sp³-hybridized carbons (Fsp3) is 1.00. The van der Waals surface area contributed by atoms with Crippen molar-refractivity contribution in [2.45, 2.75) is 31.8 Å². The standard InChI is InChI=1S/C7H14O2/c1-2-3-4-7(5-8)6-9-7/h8H,2-6H2,1H3/t7-/m0/s1. The van der Waals surface area contributed by atoms with Crippen molar-refractivity contribution in [3.63, 3.8) is 0 Å². The van der Waals surface area contributed by atoms with E-state index in [0.29, 0.717) is 0 Å². The summed E-state index contributed by atoms with van der Waals surface area (Å²) in [4.78, 5) is 0. The first-order valence-electron chi connectivity index (χ1n) is 3.58. The van der Waals surface area contributed by atoms with Gasteiger partial charge in [0.2, 0.25) is 0 Å². The van der Waals surface area contributed by atoms with Crippen molar-refractivity contribution in [2.24, 2.45) is 0 Å². The van der Waals surface area contributed by atoms with Crippen molar-refractivity contribution in [1.29, 1.82) is 0 Å². The lowest BCUT2D eigenvalue weighted by Crippen LogP contribution is -2.15. The maximum absolute atomic E-state index is 8.76. The van der Waals surface area contributed by atoms with Gasteiger partial charge in [-0.25, -0.2) is 0 Å². The summed E-state index contributed by atoms with van der Waals surface area (Å²) in [6.45, 7) is 3.12. The minimum atomic E-state index is -0.101. The van der Waals surface area contributed by atoms with Crippen molar-refractivity contribution < 1.29 is 9.84 Å². The molecule has 1 heterocycles. The molecule has 0 amide bonds. The van der Waals surface area contributed by atoms with Crippen LogP contribution in [0.4, 0.5) is 0 Å². The maximum atomic E-state index is 8.76. The van der Waals surface area contributed by atoms with Crippen LogP contribution in [0.3, 0.4) is 0 Å². The van der Waals surface area contributed by atoms with Crippen LogP contribution in [0.15, 0.2) is 0 Å². The molecule has 0 aromatic heterocycles. The molecule has 1 aliphatic rings. The highest BCUT2D eigenvalue weighted by atomic mass is 16.6. The van der Waals surface area contributed by atoms with Gasteiger partial charge in [-0.3, -0.25) is 0 Å². The van der Waals surface area contributed by atoms with Crippen LogP contribution >= 0.6 is 0 Å². The van der Waals surface area contributed by atoms with E-state index in [1.54, 1.807) is 0 Å². The highest BCUT2D eigenvalue weighted by molar-refractivity contribution is 4.90. The summed E-state index contributed by atoms with van der Waals surface area (Å²) in [5.74, 6) is 0. The van der Waals surface area contributed by atoms with Gasteiger partial charge in [0.05, 0.1) is 13.2 Å². The zero-order chi connectivity index (χ0) is 6.74. The Morgan fingerprint density at radius 1 is 1.67 bits per heavy atom. The average molecular weight is 130 g/mol. The first kappa shape index (κ1) is 7.03. The van der Waals surface area contributed by atoms with Crippen LogP contribution in [-0.2, 0) is 4.74 Å². The van der Waals surface area contributed by atoms with Crippen LogP contribution in [0.25, 0.3) is 0 Å². The molecule has 0 saturated carbocycles. The SMILES string of the molecule is CCCC[C@]1(CO)CO1. The van der Waals surface area contributed by atoms with Crippen molar-refractivity contribution in [3.05, 3.63) is 0 Å². The van der Waals surface area contributed by atoms with Gasteiger partial charge in [0.25, 0.3) is 0 Å². The quantitative estimate of drug-likeness (QED) is 0.574. The fourth-order valence-electron chi connectivity index (χ4n) is 0.916. The fourth-order valence-corrected chi connectivity index (χ4v) is 0.916. The van der Waals surface area contributed by atoms with E-state index in [4.69, 9.17) is 9.84 Å². The molecule has 0 aromatic rings. The molecule has 2 nitrogen and oxygen atoms in total. The molecule has 1 rings (SSSR count). The van der Waals surface area contributed by atoms with E-state index in [1.165, 1.54) is 12.8 Å². The Morgan fingerprint density at radius 3 is 2.67 bits per heavy atom. The second-order valence-electron chi connectivity index (χ2n) is 2.73. The lowest BCUT2D eigenvalue weighted by Gasteiger charge is -2.04. The topological polar surface area (TPSA) is 32.8 Å². The van der Waals surface area contributed by atoms with Gasteiger partial charge >= 0.3 is 0 Å². The predicted octanol–water partition coefficient (Wildman–Crippen LogP) is 0.938. The minimum absolute atomic E-state index is 0.101. The van der Waals surface area contributed by atoms with Gasteiger partial charge in [-0.15, -0.1) is 0 Å². The number of aliphatic hydroxyl groups excluding tert-OH is 1. The molecular formula is C7H14O2. The summed E-state index contributed by atoms with van der Waals surface area (Å²) < 4.78 is 5.10. The average Bonchev–Trinajstić information content (AvgIpc) is 2.65. The van der Waals surface area contributed by atoms with Gasteiger partial charge in [0.1, 0.15) is 5.60 Å². The molecule has 1 N–H and O–H groups in total. The number of rotatable bonds is 4. The van der Waals surface area contributed by atoms with Gasteiger partial charge in [-0.05, 0) is 6.42 Å². The third-order valence-electron chi connectivity index (χ3n) is 1.83. The molecule has 0 aromatic carbocycles. The van der Waals surface area contributed by atoms with Gasteiger partial charge in [-0.2, -0.15) is 0 Å². The predicted molar refractivity (Wildman–Crippen MR) is 35.3 cm³/mol. The summed E-state index contributed by atoms with van der Waals surface area (Å²) >= 11 is 0. The van der Waals surface area contributed by atoms with Crippen molar-refractivity contribution >= 4 is 0 Å². The van der Waals surface area contributed by atoms with Gasteiger partial charge in [-0.1, -0.05) is 19.8 Å². The molecule has 0 unspecified atom stereocenters. The zero-order valence-corrected chi connectivity index (χ0v) is 5.89. The third kappa shape index (κ3) is 1.66.